The molecule has 17 heavy (non-hydrogen) atoms. The van der Waals surface area contributed by atoms with E-state index in [1.807, 2.05) is 48.3 Å². The van der Waals surface area contributed by atoms with Crippen molar-refractivity contribution in [3.05, 3.63) is 42.6 Å². The zero-order chi connectivity index (χ0) is 12.1. The van der Waals surface area contributed by atoms with Gasteiger partial charge in [0.15, 0.2) is 5.82 Å². The Balaban J connectivity index is 2.29. The van der Waals surface area contributed by atoms with Gasteiger partial charge in [0.05, 0.1) is 0 Å². The Kier molecular flexibility index (Phi) is 3.67. The summed E-state index contributed by atoms with van der Waals surface area (Å²) in [5.41, 5.74) is 6.55. The van der Waals surface area contributed by atoms with E-state index in [1.165, 1.54) is 0 Å². The maximum absolute atomic E-state index is 5.53. The molecule has 0 unspecified atom stereocenters. The minimum atomic E-state index is 0.612. The molecule has 2 rings (SSSR count). The normalized spacial score (nSPS) is 10.2. The first-order valence-electron chi connectivity index (χ1n) is 5.61. The number of anilines is 1. The van der Waals surface area contributed by atoms with Crippen LogP contribution in [0.15, 0.2) is 42.6 Å². The lowest BCUT2D eigenvalue weighted by Gasteiger charge is -2.17. The summed E-state index contributed by atoms with van der Waals surface area (Å²) in [6.07, 6.45) is 1.78. The molecular weight excluding hydrogens is 212 g/mol. The third-order valence-electron chi connectivity index (χ3n) is 2.53. The van der Waals surface area contributed by atoms with Crippen LogP contribution in [0.1, 0.15) is 0 Å². The average molecular weight is 228 g/mol. The zero-order valence-electron chi connectivity index (χ0n) is 9.87. The first kappa shape index (κ1) is 11.5. The molecule has 4 nitrogen and oxygen atoms in total. The van der Waals surface area contributed by atoms with Crippen LogP contribution < -0.4 is 10.6 Å². The van der Waals surface area contributed by atoms with Gasteiger partial charge in [0, 0.05) is 31.9 Å². The van der Waals surface area contributed by atoms with Crippen molar-refractivity contribution in [2.45, 2.75) is 0 Å². The average Bonchev–Trinajstić information content (AvgIpc) is 2.40. The van der Waals surface area contributed by atoms with Gasteiger partial charge in [-0.1, -0.05) is 30.3 Å². The number of hydrogen-bond acceptors (Lipinski definition) is 4. The molecule has 0 saturated carbocycles. The van der Waals surface area contributed by atoms with Crippen LogP contribution in [-0.2, 0) is 0 Å². The van der Waals surface area contributed by atoms with Crippen LogP contribution in [0.5, 0.6) is 0 Å². The van der Waals surface area contributed by atoms with E-state index in [9.17, 15) is 0 Å². The molecule has 0 saturated heterocycles. The van der Waals surface area contributed by atoms with Gasteiger partial charge in [0.25, 0.3) is 0 Å². The van der Waals surface area contributed by atoms with E-state index in [4.69, 9.17) is 5.73 Å². The molecule has 0 radical (unpaired) electrons. The lowest BCUT2D eigenvalue weighted by molar-refractivity contribution is 0.865. The molecule has 2 aromatic rings. The van der Waals surface area contributed by atoms with Crippen molar-refractivity contribution < 1.29 is 0 Å². The topological polar surface area (TPSA) is 55.0 Å². The van der Waals surface area contributed by atoms with E-state index in [2.05, 4.69) is 9.97 Å². The second-order valence-electron chi connectivity index (χ2n) is 3.81. The van der Waals surface area contributed by atoms with Gasteiger partial charge in [-0.15, -0.1) is 0 Å². The Morgan fingerprint density at radius 1 is 1.18 bits per heavy atom. The van der Waals surface area contributed by atoms with E-state index in [0.29, 0.717) is 6.54 Å². The van der Waals surface area contributed by atoms with Crippen molar-refractivity contribution in [1.29, 1.82) is 0 Å². The van der Waals surface area contributed by atoms with E-state index < -0.39 is 0 Å². The fourth-order valence-corrected chi connectivity index (χ4v) is 1.60. The molecule has 0 aliphatic carbocycles. The molecule has 88 valence electrons. The number of nitrogens with zero attached hydrogens (tertiary/aromatic N) is 3. The number of hydrogen-bond donors (Lipinski definition) is 1. The molecule has 0 bridgehead atoms. The van der Waals surface area contributed by atoms with Crippen molar-refractivity contribution in [2.75, 3.05) is 25.0 Å². The first-order chi connectivity index (χ1) is 8.31. The van der Waals surface area contributed by atoms with E-state index in [-0.39, 0.29) is 0 Å². The van der Waals surface area contributed by atoms with Gasteiger partial charge in [-0.05, 0) is 6.07 Å². The van der Waals surface area contributed by atoms with Crippen molar-refractivity contribution in [1.82, 2.24) is 9.97 Å². The number of benzene rings is 1. The Morgan fingerprint density at radius 3 is 2.65 bits per heavy atom. The van der Waals surface area contributed by atoms with Gasteiger partial charge in [-0.3, -0.25) is 0 Å². The number of likely N-dealkylation sites (N-methyl/N-ethyl adjacent to an activating group) is 1. The fraction of sp³-hybridized carbons (Fsp3) is 0.231. The molecular formula is C13H16N4. The highest BCUT2D eigenvalue weighted by Gasteiger charge is 2.04. The monoisotopic (exact) mass is 228 g/mol. The molecule has 0 aliphatic rings. The minimum Gasteiger partial charge on any atom is -0.358 e. The van der Waals surface area contributed by atoms with Gasteiger partial charge in [-0.2, -0.15) is 0 Å². The summed E-state index contributed by atoms with van der Waals surface area (Å²) in [5.74, 6) is 1.64. The van der Waals surface area contributed by atoms with Gasteiger partial charge >= 0.3 is 0 Å². The van der Waals surface area contributed by atoms with Crippen LogP contribution in [0, 0.1) is 0 Å². The summed E-state index contributed by atoms with van der Waals surface area (Å²) < 4.78 is 0. The highest BCUT2D eigenvalue weighted by atomic mass is 15.2. The maximum Gasteiger partial charge on any atom is 0.161 e. The minimum absolute atomic E-state index is 0.612. The van der Waals surface area contributed by atoms with Crippen molar-refractivity contribution >= 4 is 5.82 Å². The molecule has 1 aromatic heterocycles. The molecule has 1 aromatic carbocycles. The molecule has 0 fully saturated rings. The molecule has 0 amide bonds. The van der Waals surface area contributed by atoms with Crippen LogP contribution in [-0.4, -0.2) is 30.1 Å². The van der Waals surface area contributed by atoms with Crippen molar-refractivity contribution in [3.8, 4) is 11.4 Å². The Labute approximate surface area is 101 Å². The molecule has 0 aliphatic heterocycles. The molecule has 1 heterocycles. The predicted molar refractivity (Wildman–Crippen MR) is 69.8 cm³/mol. The lowest BCUT2D eigenvalue weighted by Crippen LogP contribution is -2.25. The highest BCUT2D eigenvalue weighted by Crippen LogP contribution is 2.16. The molecule has 2 N–H and O–H groups in total. The van der Waals surface area contributed by atoms with Crippen LogP contribution in [0.2, 0.25) is 0 Å². The van der Waals surface area contributed by atoms with Crippen LogP contribution >= 0.6 is 0 Å². The Morgan fingerprint density at radius 2 is 1.94 bits per heavy atom. The van der Waals surface area contributed by atoms with Gasteiger partial charge in [-0.25, -0.2) is 9.97 Å². The first-order valence-corrected chi connectivity index (χ1v) is 5.61. The van der Waals surface area contributed by atoms with Crippen LogP contribution in [0.4, 0.5) is 5.82 Å². The molecule has 4 heteroatoms. The van der Waals surface area contributed by atoms with Crippen molar-refractivity contribution in [2.24, 2.45) is 5.73 Å². The third-order valence-corrected chi connectivity index (χ3v) is 2.53. The largest absolute Gasteiger partial charge is 0.358 e. The summed E-state index contributed by atoms with van der Waals surface area (Å²) in [5, 5.41) is 0. The van der Waals surface area contributed by atoms with E-state index in [1.54, 1.807) is 6.20 Å². The number of rotatable bonds is 4. The quantitative estimate of drug-likeness (QED) is 0.862. The highest BCUT2D eigenvalue weighted by molar-refractivity contribution is 5.56. The second kappa shape index (κ2) is 5.41. The smallest absolute Gasteiger partial charge is 0.161 e. The van der Waals surface area contributed by atoms with E-state index in [0.717, 1.165) is 23.8 Å². The summed E-state index contributed by atoms with van der Waals surface area (Å²) >= 11 is 0. The van der Waals surface area contributed by atoms with Gasteiger partial charge < -0.3 is 10.6 Å². The number of nitrogens with two attached hydrogens (primary N) is 1. The Hall–Kier alpha value is -1.94. The van der Waals surface area contributed by atoms with Gasteiger partial charge in [0.2, 0.25) is 0 Å². The van der Waals surface area contributed by atoms with E-state index >= 15 is 0 Å². The van der Waals surface area contributed by atoms with Crippen molar-refractivity contribution in [3.63, 3.8) is 0 Å². The SMILES string of the molecule is CN(CCN)c1ccnc(-c2ccccc2)n1. The Bertz CT molecular complexity index is 470. The zero-order valence-corrected chi connectivity index (χ0v) is 9.87. The lowest BCUT2D eigenvalue weighted by atomic mass is 10.2. The summed E-state index contributed by atoms with van der Waals surface area (Å²) in [6.45, 7) is 1.40. The molecule has 0 spiro atoms. The maximum atomic E-state index is 5.53. The van der Waals surface area contributed by atoms with Crippen LogP contribution in [0.3, 0.4) is 0 Å². The summed E-state index contributed by atoms with van der Waals surface area (Å²) in [7, 11) is 1.98. The predicted octanol–water partition coefficient (Wildman–Crippen LogP) is 1.54. The summed E-state index contributed by atoms with van der Waals surface area (Å²) in [4.78, 5) is 10.8. The third kappa shape index (κ3) is 2.79. The fourth-order valence-electron chi connectivity index (χ4n) is 1.60. The second-order valence-corrected chi connectivity index (χ2v) is 3.81. The summed E-state index contributed by atoms with van der Waals surface area (Å²) in [6, 6.07) is 11.8. The van der Waals surface area contributed by atoms with Crippen LogP contribution in [0.25, 0.3) is 11.4 Å². The standard InChI is InChI=1S/C13H16N4/c1-17(10-8-14)12-7-9-15-13(16-12)11-5-3-2-4-6-11/h2-7,9H,8,10,14H2,1H3. The number of aromatic nitrogens is 2. The molecule has 0 atom stereocenters. The van der Waals surface area contributed by atoms with Gasteiger partial charge in [0.1, 0.15) is 5.82 Å².